The van der Waals surface area contributed by atoms with Crippen molar-refractivity contribution in [3.8, 4) is 6.07 Å². The van der Waals surface area contributed by atoms with Crippen LogP contribution in [0.3, 0.4) is 0 Å². The third kappa shape index (κ3) is 4.28. The van der Waals surface area contributed by atoms with Crippen molar-refractivity contribution in [1.82, 2.24) is 9.97 Å². The van der Waals surface area contributed by atoms with Gasteiger partial charge in [0, 0.05) is 23.8 Å². The number of nitriles is 1. The summed E-state index contributed by atoms with van der Waals surface area (Å²) in [4.78, 5) is 20.8. The molecule has 2 N–H and O–H groups in total. The van der Waals surface area contributed by atoms with Crippen molar-refractivity contribution in [3.05, 3.63) is 76.6 Å². The Hall–Kier alpha value is -3.72. The first-order chi connectivity index (χ1) is 13.0. The second-order valence-electron chi connectivity index (χ2n) is 6.34. The topological polar surface area (TPSA) is 90.7 Å². The van der Waals surface area contributed by atoms with E-state index in [9.17, 15) is 4.79 Å². The minimum Gasteiger partial charge on any atom is -0.324 e. The van der Waals surface area contributed by atoms with E-state index in [4.69, 9.17) is 5.26 Å². The fourth-order valence-corrected chi connectivity index (χ4v) is 2.87. The fourth-order valence-electron chi connectivity index (χ4n) is 2.87. The molecule has 27 heavy (non-hydrogen) atoms. The first-order valence-electron chi connectivity index (χ1n) is 8.44. The number of nitrogens with zero attached hydrogens (tertiary/aromatic N) is 3. The molecule has 0 unspecified atom stereocenters. The summed E-state index contributed by atoms with van der Waals surface area (Å²) in [6.45, 7) is 6.11. The normalized spacial score (nSPS) is 10.1. The van der Waals surface area contributed by atoms with E-state index in [-0.39, 0.29) is 5.91 Å². The SMILES string of the molecule is Cc1cc(C)c(Nc2ncc(C(=O)Nc3cccc(C#N)c3)cn2)c(C)c1. The van der Waals surface area contributed by atoms with Crippen LogP contribution in [0, 0.1) is 32.1 Å². The molecule has 3 aromatic rings. The molecule has 6 heteroatoms. The van der Waals surface area contributed by atoms with Gasteiger partial charge in [-0.1, -0.05) is 23.8 Å². The Labute approximate surface area is 157 Å². The predicted molar refractivity (Wildman–Crippen MR) is 105 cm³/mol. The Morgan fingerprint density at radius 3 is 2.33 bits per heavy atom. The highest BCUT2D eigenvalue weighted by molar-refractivity contribution is 6.04. The summed E-state index contributed by atoms with van der Waals surface area (Å²) in [6.07, 6.45) is 2.94. The lowest BCUT2D eigenvalue weighted by atomic mass is 10.1. The molecular weight excluding hydrogens is 338 g/mol. The van der Waals surface area contributed by atoms with Gasteiger partial charge in [-0.15, -0.1) is 0 Å². The van der Waals surface area contributed by atoms with E-state index in [2.05, 4.69) is 39.7 Å². The minimum atomic E-state index is -0.334. The zero-order chi connectivity index (χ0) is 19.4. The molecule has 0 atom stereocenters. The van der Waals surface area contributed by atoms with Gasteiger partial charge in [-0.3, -0.25) is 4.79 Å². The number of amides is 1. The lowest BCUT2D eigenvalue weighted by molar-refractivity contribution is 0.102. The molecule has 0 spiro atoms. The molecular formula is C21H19N5O. The molecule has 0 aliphatic carbocycles. The third-order valence-corrected chi connectivity index (χ3v) is 4.08. The van der Waals surface area contributed by atoms with Crippen LogP contribution in [0.1, 0.15) is 32.6 Å². The van der Waals surface area contributed by atoms with Gasteiger partial charge >= 0.3 is 0 Å². The van der Waals surface area contributed by atoms with Crippen LogP contribution in [0.4, 0.5) is 17.3 Å². The molecule has 1 aromatic heterocycles. The van der Waals surface area contributed by atoms with Crippen molar-refractivity contribution in [2.24, 2.45) is 0 Å². The van der Waals surface area contributed by atoms with Crippen LogP contribution in [0.15, 0.2) is 48.8 Å². The van der Waals surface area contributed by atoms with Crippen LogP contribution in [0.5, 0.6) is 0 Å². The van der Waals surface area contributed by atoms with Crippen LogP contribution in [-0.2, 0) is 0 Å². The summed E-state index contributed by atoms with van der Waals surface area (Å²) in [5.74, 6) is 0.0902. The second-order valence-corrected chi connectivity index (χ2v) is 6.34. The molecule has 1 heterocycles. The van der Waals surface area contributed by atoms with Crippen molar-refractivity contribution >= 4 is 23.2 Å². The van der Waals surface area contributed by atoms with E-state index in [1.807, 2.05) is 19.9 Å². The van der Waals surface area contributed by atoms with Gasteiger partial charge in [-0.05, 0) is 50.1 Å². The maximum absolute atomic E-state index is 12.3. The number of anilines is 3. The first kappa shape index (κ1) is 18.1. The van der Waals surface area contributed by atoms with Crippen LogP contribution >= 0.6 is 0 Å². The van der Waals surface area contributed by atoms with Crippen LogP contribution in [0.2, 0.25) is 0 Å². The minimum absolute atomic E-state index is 0.334. The van der Waals surface area contributed by atoms with Crippen LogP contribution in [0.25, 0.3) is 0 Å². The molecule has 0 aliphatic rings. The summed E-state index contributed by atoms with van der Waals surface area (Å²) in [6, 6.07) is 12.9. The number of carbonyl (C=O) groups excluding carboxylic acids is 1. The summed E-state index contributed by atoms with van der Waals surface area (Å²) in [5, 5.41) is 14.9. The second kappa shape index (κ2) is 7.67. The zero-order valence-corrected chi connectivity index (χ0v) is 15.4. The number of aromatic nitrogens is 2. The van der Waals surface area contributed by atoms with Gasteiger partial charge in [0.05, 0.1) is 17.2 Å². The Morgan fingerprint density at radius 1 is 1.04 bits per heavy atom. The Kier molecular flexibility index (Phi) is 5.13. The summed E-state index contributed by atoms with van der Waals surface area (Å²) >= 11 is 0. The molecule has 0 bridgehead atoms. The number of nitrogens with one attached hydrogen (secondary N) is 2. The average molecular weight is 357 g/mol. The summed E-state index contributed by atoms with van der Waals surface area (Å²) in [5.41, 5.74) is 5.74. The van der Waals surface area contributed by atoms with Crippen molar-refractivity contribution in [2.45, 2.75) is 20.8 Å². The van der Waals surface area contributed by atoms with Gasteiger partial charge in [0.1, 0.15) is 0 Å². The standard InChI is InChI=1S/C21H19N5O/c1-13-7-14(2)19(15(3)8-13)26-21-23-11-17(12-24-21)20(27)25-18-6-4-5-16(9-18)10-22/h4-9,11-12H,1-3H3,(H,25,27)(H,23,24,26). The average Bonchev–Trinajstić information content (AvgIpc) is 2.65. The number of benzene rings is 2. The Balaban J connectivity index is 1.73. The monoisotopic (exact) mass is 357 g/mol. The lowest BCUT2D eigenvalue weighted by Crippen LogP contribution is -2.13. The maximum Gasteiger partial charge on any atom is 0.258 e. The Morgan fingerprint density at radius 2 is 1.70 bits per heavy atom. The van der Waals surface area contributed by atoms with Gasteiger partial charge in [0.25, 0.3) is 5.91 Å². The smallest absolute Gasteiger partial charge is 0.258 e. The van der Waals surface area contributed by atoms with E-state index >= 15 is 0 Å². The molecule has 0 saturated carbocycles. The Bertz CT molecular complexity index is 1010. The maximum atomic E-state index is 12.3. The third-order valence-electron chi connectivity index (χ3n) is 4.08. The highest BCUT2D eigenvalue weighted by atomic mass is 16.1. The largest absolute Gasteiger partial charge is 0.324 e. The van der Waals surface area contributed by atoms with Crippen molar-refractivity contribution in [1.29, 1.82) is 5.26 Å². The molecule has 6 nitrogen and oxygen atoms in total. The highest BCUT2D eigenvalue weighted by Gasteiger charge is 2.10. The number of hydrogen-bond acceptors (Lipinski definition) is 5. The van der Waals surface area contributed by atoms with E-state index in [1.54, 1.807) is 24.3 Å². The van der Waals surface area contributed by atoms with Gasteiger partial charge < -0.3 is 10.6 Å². The molecule has 134 valence electrons. The van der Waals surface area contributed by atoms with Crippen molar-refractivity contribution < 1.29 is 4.79 Å². The number of rotatable bonds is 4. The molecule has 2 aromatic carbocycles. The first-order valence-corrected chi connectivity index (χ1v) is 8.44. The summed E-state index contributed by atoms with van der Waals surface area (Å²) in [7, 11) is 0. The van der Waals surface area contributed by atoms with Crippen LogP contribution in [-0.4, -0.2) is 15.9 Å². The number of carbonyl (C=O) groups is 1. The molecule has 1 amide bonds. The molecule has 0 saturated heterocycles. The highest BCUT2D eigenvalue weighted by Crippen LogP contribution is 2.24. The van der Waals surface area contributed by atoms with Crippen LogP contribution < -0.4 is 10.6 Å². The lowest BCUT2D eigenvalue weighted by Gasteiger charge is -2.12. The molecule has 0 fully saturated rings. The number of hydrogen-bond donors (Lipinski definition) is 2. The zero-order valence-electron chi connectivity index (χ0n) is 15.4. The van der Waals surface area contributed by atoms with Gasteiger partial charge in [0.15, 0.2) is 0 Å². The fraction of sp³-hybridized carbons (Fsp3) is 0.143. The van der Waals surface area contributed by atoms with Crippen molar-refractivity contribution in [2.75, 3.05) is 10.6 Å². The van der Waals surface area contributed by atoms with E-state index in [0.29, 0.717) is 22.8 Å². The predicted octanol–water partition coefficient (Wildman–Crippen LogP) is 4.27. The van der Waals surface area contributed by atoms with Crippen molar-refractivity contribution in [3.63, 3.8) is 0 Å². The quantitative estimate of drug-likeness (QED) is 0.728. The number of aryl methyl sites for hydroxylation is 3. The van der Waals surface area contributed by atoms with Gasteiger partial charge in [-0.2, -0.15) is 5.26 Å². The molecule has 0 radical (unpaired) electrons. The van der Waals surface area contributed by atoms with Gasteiger partial charge in [-0.25, -0.2) is 9.97 Å². The van der Waals surface area contributed by atoms with E-state index in [0.717, 1.165) is 16.8 Å². The van der Waals surface area contributed by atoms with E-state index in [1.165, 1.54) is 18.0 Å². The molecule has 3 rings (SSSR count). The van der Waals surface area contributed by atoms with Gasteiger partial charge in [0.2, 0.25) is 5.95 Å². The van der Waals surface area contributed by atoms with E-state index < -0.39 is 0 Å². The molecule has 0 aliphatic heterocycles. The summed E-state index contributed by atoms with van der Waals surface area (Å²) < 4.78 is 0.